The van der Waals surface area contributed by atoms with E-state index in [0.29, 0.717) is 36.1 Å². The number of hydrogen-bond donors (Lipinski definition) is 1. The maximum absolute atomic E-state index is 12.8. The summed E-state index contributed by atoms with van der Waals surface area (Å²) in [6.45, 7) is 7.79. The number of aryl methyl sites for hydroxylation is 1. The molecule has 2 fully saturated rings. The second kappa shape index (κ2) is 9.90. The molecule has 1 aromatic carbocycles. The Labute approximate surface area is 198 Å². The van der Waals surface area contributed by atoms with Crippen LogP contribution in [0.3, 0.4) is 0 Å². The summed E-state index contributed by atoms with van der Waals surface area (Å²) in [5, 5.41) is 4.11. The number of hydrogen-bond acceptors (Lipinski definition) is 7. The Morgan fingerprint density at radius 3 is 2.44 bits per heavy atom. The highest BCUT2D eigenvalue weighted by atomic mass is 16.5. The van der Waals surface area contributed by atoms with Gasteiger partial charge in [0.15, 0.2) is 5.78 Å². The monoisotopic (exact) mass is 462 g/mol. The zero-order valence-corrected chi connectivity index (χ0v) is 19.5. The lowest BCUT2D eigenvalue weighted by atomic mass is 10.1. The highest BCUT2D eigenvalue weighted by Gasteiger charge is 2.24. The number of rotatable bonds is 7. The second-order valence-corrected chi connectivity index (χ2v) is 9.15. The van der Waals surface area contributed by atoms with Gasteiger partial charge in [-0.15, -0.1) is 0 Å². The van der Waals surface area contributed by atoms with Crippen molar-refractivity contribution in [3.63, 3.8) is 0 Å². The number of benzene rings is 1. The van der Waals surface area contributed by atoms with Crippen LogP contribution in [0.25, 0.3) is 11.4 Å². The normalized spacial score (nSPS) is 17.4. The zero-order valence-electron chi connectivity index (χ0n) is 19.5. The fourth-order valence-corrected chi connectivity index (χ4v) is 4.50. The Morgan fingerprint density at radius 1 is 1.00 bits per heavy atom. The van der Waals surface area contributed by atoms with Gasteiger partial charge >= 0.3 is 0 Å². The van der Waals surface area contributed by atoms with Crippen molar-refractivity contribution in [2.75, 3.05) is 45.8 Å². The fraction of sp³-hybridized carbons (Fsp3) is 0.440. The molecular weight excluding hydrogens is 432 g/mol. The molecule has 178 valence electrons. The van der Waals surface area contributed by atoms with Crippen LogP contribution in [0, 0.1) is 6.92 Å². The number of amides is 1. The number of Topliss-reactive ketones (excluding diaryl/α,β-unsaturated/α-hetero) is 1. The van der Waals surface area contributed by atoms with Gasteiger partial charge in [0.25, 0.3) is 5.91 Å². The van der Waals surface area contributed by atoms with Crippen molar-refractivity contribution < 1.29 is 14.1 Å². The van der Waals surface area contributed by atoms with E-state index in [2.05, 4.69) is 24.9 Å². The number of carbonyl (C=O) groups is 2. The summed E-state index contributed by atoms with van der Waals surface area (Å²) in [6, 6.07) is 9.75. The van der Waals surface area contributed by atoms with Gasteiger partial charge in [-0.3, -0.25) is 19.4 Å². The largest absolute Gasteiger partial charge is 0.356 e. The van der Waals surface area contributed by atoms with E-state index in [1.807, 2.05) is 36.1 Å². The Kier molecular flexibility index (Phi) is 6.55. The fourth-order valence-electron chi connectivity index (χ4n) is 4.50. The first-order chi connectivity index (χ1) is 16.5. The Bertz CT molecular complexity index is 1140. The Hall–Kier alpha value is -3.30. The molecule has 9 nitrogen and oxygen atoms in total. The van der Waals surface area contributed by atoms with E-state index in [1.165, 1.54) is 5.56 Å². The van der Waals surface area contributed by atoms with Crippen LogP contribution < -0.4 is 0 Å². The maximum atomic E-state index is 12.8. The average molecular weight is 463 g/mol. The summed E-state index contributed by atoms with van der Waals surface area (Å²) in [4.78, 5) is 39.0. The van der Waals surface area contributed by atoms with Crippen LogP contribution in [-0.2, 0) is 6.54 Å². The lowest BCUT2D eigenvalue weighted by Crippen LogP contribution is -2.47. The molecule has 0 radical (unpaired) electrons. The van der Waals surface area contributed by atoms with Crippen molar-refractivity contribution >= 4 is 11.7 Å². The molecule has 0 atom stereocenters. The van der Waals surface area contributed by atoms with Gasteiger partial charge in [0.2, 0.25) is 11.7 Å². The van der Waals surface area contributed by atoms with Gasteiger partial charge in [-0.05, 0) is 25.8 Å². The number of nitrogens with zero attached hydrogens (tertiary/aromatic N) is 5. The van der Waals surface area contributed by atoms with Gasteiger partial charge in [0.05, 0.1) is 13.1 Å². The molecule has 0 saturated carbocycles. The zero-order chi connectivity index (χ0) is 23.5. The minimum atomic E-state index is -0.0169. The number of aromatic nitrogens is 3. The smallest absolute Gasteiger partial charge is 0.270 e. The summed E-state index contributed by atoms with van der Waals surface area (Å²) in [6.07, 6.45) is 3.75. The molecule has 2 aliphatic rings. The highest BCUT2D eigenvalue weighted by molar-refractivity contribution is 6.01. The van der Waals surface area contributed by atoms with Crippen molar-refractivity contribution in [1.29, 1.82) is 0 Å². The molecule has 1 N–H and O–H groups in total. The van der Waals surface area contributed by atoms with E-state index in [4.69, 9.17) is 4.52 Å². The third kappa shape index (κ3) is 5.10. The van der Waals surface area contributed by atoms with Crippen LogP contribution in [0.2, 0.25) is 0 Å². The van der Waals surface area contributed by atoms with Crippen molar-refractivity contribution in [2.45, 2.75) is 26.3 Å². The molecule has 0 bridgehead atoms. The molecule has 9 heteroatoms. The third-order valence-corrected chi connectivity index (χ3v) is 6.60. The molecule has 0 unspecified atom stereocenters. The summed E-state index contributed by atoms with van der Waals surface area (Å²) in [7, 11) is 0. The van der Waals surface area contributed by atoms with Gasteiger partial charge in [-0.25, -0.2) is 0 Å². The van der Waals surface area contributed by atoms with Crippen LogP contribution in [0.4, 0.5) is 0 Å². The maximum Gasteiger partial charge on any atom is 0.270 e. The molecule has 0 spiro atoms. The predicted molar refractivity (Wildman–Crippen MR) is 126 cm³/mol. The van der Waals surface area contributed by atoms with Crippen LogP contribution in [-0.4, -0.2) is 87.3 Å². The Balaban J connectivity index is 1.09. The SMILES string of the molecule is Cc1ccc(-c2noc(CN3CCN(CC(=O)c4c[nH]c(C(=O)N5CCCC5)c4)CC3)n2)cc1. The number of piperazine rings is 1. The molecular formula is C25H30N6O3. The van der Waals surface area contributed by atoms with Gasteiger partial charge in [0, 0.05) is 56.6 Å². The summed E-state index contributed by atoms with van der Waals surface area (Å²) >= 11 is 0. The number of carbonyl (C=O) groups excluding carboxylic acids is 2. The van der Waals surface area contributed by atoms with Gasteiger partial charge in [0.1, 0.15) is 5.69 Å². The van der Waals surface area contributed by atoms with Gasteiger partial charge in [-0.1, -0.05) is 35.0 Å². The quantitative estimate of drug-likeness (QED) is 0.539. The number of H-pyrrole nitrogens is 1. The minimum absolute atomic E-state index is 0.0169. The number of aromatic amines is 1. The summed E-state index contributed by atoms with van der Waals surface area (Å²) in [5.74, 6) is 1.22. The van der Waals surface area contributed by atoms with Crippen molar-refractivity contribution in [2.24, 2.45) is 0 Å². The molecule has 2 aliphatic heterocycles. The van der Waals surface area contributed by atoms with Crippen LogP contribution in [0.5, 0.6) is 0 Å². The molecule has 3 aromatic rings. The highest BCUT2D eigenvalue weighted by Crippen LogP contribution is 2.18. The minimum Gasteiger partial charge on any atom is -0.356 e. The van der Waals surface area contributed by atoms with E-state index in [9.17, 15) is 9.59 Å². The van der Waals surface area contributed by atoms with Crippen molar-refractivity contribution in [3.05, 3.63) is 59.2 Å². The Morgan fingerprint density at radius 2 is 1.71 bits per heavy atom. The first-order valence-electron chi connectivity index (χ1n) is 11.9. The van der Waals surface area contributed by atoms with E-state index in [1.54, 1.807) is 12.3 Å². The molecule has 0 aliphatic carbocycles. The standard InChI is InChI=1S/C25H30N6O3/c1-18-4-6-19(7-5-18)24-27-23(34-28-24)17-30-12-10-29(11-13-30)16-22(32)20-14-21(26-15-20)25(33)31-8-2-3-9-31/h4-7,14-15,26H,2-3,8-13,16-17H2,1H3. The second-order valence-electron chi connectivity index (χ2n) is 9.15. The van der Waals surface area contributed by atoms with E-state index < -0.39 is 0 Å². The van der Waals surface area contributed by atoms with E-state index in [0.717, 1.165) is 57.7 Å². The molecule has 5 rings (SSSR count). The molecule has 2 saturated heterocycles. The number of ketones is 1. The third-order valence-electron chi connectivity index (χ3n) is 6.60. The van der Waals surface area contributed by atoms with Crippen LogP contribution in [0.1, 0.15) is 45.1 Å². The summed E-state index contributed by atoms with van der Waals surface area (Å²) in [5.41, 5.74) is 3.20. The van der Waals surface area contributed by atoms with E-state index >= 15 is 0 Å². The lowest BCUT2D eigenvalue weighted by molar-refractivity contribution is 0.0787. The average Bonchev–Trinajstić information content (AvgIpc) is 3.62. The number of likely N-dealkylation sites (tertiary alicyclic amines) is 1. The summed E-state index contributed by atoms with van der Waals surface area (Å²) < 4.78 is 5.45. The van der Waals surface area contributed by atoms with Crippen molar-refractivity contribution in [3.8, 4) is 11.4 Å². The number of nitrogens with one attached hydrogen (secondary N) is 1. The predicted octanol–water partition coefficient (Wildman–Crippen LogP) is 2.61. The molecule has 2 aromatic heterocycles. The first-order valence-corrected chi connectivity index (χ1v) is 11.9. The topological polar surface area (TPSA) is 98.6 Å². The lowest BCUT2D eigenvalue weighted by Gasteiger charge is -2.33. The van der Waals surface area contributed by atoms with Gasteiger partial charge in [-0.2, -0.15) is 4.98 Å². The van der Waals surface area contributed by atoms with Crippen molar-refractivity contribution in [1.82, 2.24) is 29.8 Å². The molecule has 34 heavy (non-hydrogen) atoms. The first kappa shape index (κ1) is 22.5. The van der Waals surface area contributed by atoms with Crippen LogP contribution >= 0.6 is 0 Å². The molecule has 1 amide bonds. The van der Waals surface area contributed by atoms with E-state index in [-0.39, 0.29) is 11.7 Å². The van der Waals surface area contributed by atoms with Gasteiger partial charge < -0.3 is 14.4 Å². The van der Waals surface area contributed by atoms with Crippen LogP contribution in [0.15, 0.2) is 41.1 Å². The molecule has 4 heterocycles.